The molecule has 0 amide bonds. The van der Waals surface area contributed by atoms with E-state index in [-0.39, 0.29) is 16.8 Å². The Morgan fingerprint density at radius 1 is 1.29 bits per heavy atom. The molecule has 6 heteroatoms. The molecule has 1 heterocycles. The monoisotopic (exact) mass is 202 g/mol. The Morgan fingerprint density at radius 3 is 2.64 bits per heavy atom. The fourth-order valence-corrected chi connectivity index (χ4v) is 1.13. The summed E-state index contributed by atoms with van der Waals surface area (Å²) in [6, 6.07) is 3.79. The molecule has 74 valence electrons. The topological polar surface area (TPSA) is 48.9 Å². The summed E-state index contributed by atoms with van der Waals surface area (Å²) in [5.74, 6) is -1.16. The third kappa shape index (κ3) is 1.39. The number of aromatic hydroxyl groups is 1. The van der Waals surface area contributed by atoms with Gasteiger partial charge in [-0.25, -0.2) is 4.98 Å². The molecule has 0 fully saturated rings. The highest BCUT2D eigenvalue weighted by Crippen LogP contribution is 2.29. The van der Waals surface area contributed by atoms with Gasteiger partial charge < -0.3 is 10.1 Å². The van der Waals surface area contributed by atoms with E-state index in [1.54, 1.807) is 0 Å². The van der Waals surface area contributed by atoms with Crippen LogP contribution in [-0.2, 0) is 6.18 Å². The Hall–Kier alpha value is -1.72. The van der Waals surface area contributed by atoms with E-state index >= 15 is 0 Å². The van der Waals surface area contributed by atoms with Gasteiger partial charge in [-0.15, -0.1) is 0 Å². The van der Waals surface area contributed by atoms with Crippen LogP contribution in [0.3, 0.4) is 0 Å². The molecule has 1 aromatic carbocycles. The second-order valence-electron chi connectivity index (χ2n) is 2.78. The number of benzene rings is 1. The summed E-state index contributed by atoms with van der Waals surface area (Å²) in [6.45, 7) is 0. The van der Waals surface area contributed by atoms with Gasteiger partial charge in [0.2, 0.25) is 5.82 Å². The van der Waals surface area contributed by atoms with Crippen molar-refractivity contribution in [3.05, 3.63) is 24.0 Å². The molecule has 0 radical (unpaired) electrons. The normalized spacial score (nSPS) is 12.2. The van der Waals surface area contributed by atoms with Crippen molar-refractivity contribution in [3.8, 4) is 5.75 Å². The van der Waals surface area contributed by atoms with Gasteiger partial charge in [0.15, 0.2) is 0 Å². The Kier molecular flexibility index (Phi) is 1.67. The number of rotatable bonds is 0. The first kappa shape index (κ1) is 8.86. The number of aromatic nitrogens is 2. The third-order valence-corrected chi connectivity index (χ3v) is 1.73. The number of imidazole rings is 1. The summed E-state index contributed by atoms with van der Waals surface area (Å²) in [7, 11) is 0. The van der Waals surface area contributed by atoms with Crippen LogP contribution in [0.15, 0.2) is 18.2 Å². The van der Waals surface area contributed by atoms with Gasteiger partial charge in [-0.05, 0) is 12.1 Å². The van der Waals surface area contributed by atoms with Crippen LogP contribution in [0.1, 0.15) is 5.82 Å². The maximum absolute atomic E-state index is 12.2. The minimum Gasteiger partial charge on any atom is -0.508 e. The standard InChI is InChI=1S/C8H5F3N2O/c9-8(10,11)7-12-5-2-1-4(14)3-6(5)13-7/h1-3,14H,(H,12,13). The number of halogens is 3. The summed E-state index contributed by atoms with van der Waals surface area (Å²) < 4.78 is 36.5. The number of nitrogens with zero attached hydrogens (tertiary/aromatic N) is 1. The largest absolute Gasteiger partial charge is 0.508 e. The van der Waals surface area contributed by atoms with E-state index in [2.05, 4.69) is 9.97 Å². The number of aromatic amines is 1. The number of hydrogen-bond donors (Lipinski definition) is 2. The molecule has 2 rings (SSSR count). The van der Waals surface area contributed by atoms with Crippen LogP contribution in [0.2, 0.25) is 0 Å². The lowest BCUT2D eigenvalue weighted by Crippen LogP contribution is -2.06. The molecule has 3 nitrogen and oxygen atoms in total. The molecule has 0 atom stereocenters. The predicted molar refractivity (Wildman–Crippen MR) is 42.8 cm³/mol. The van der Waals surface area contributed by atoms with E-state index in [9.17, 15) is 13.2 Å². The molecule has 0 aliphatic carbocycles. The van der Waals surface area contributed by atoms with E-state index in [0.29, 0.717) is 0 Å². The van der Waals surface area contributed by atoms with E-state index in [1.165, 1.54) is 18.2 Å². The lowest BCUT2D eigenvalue weighted by Gasteiger charge is -1.98. The van der Waals surface area contributed by atoms with Gasteiger partial charge in [0.1, 0.15) is 5.75 Å². The molecule has 2 aromatic rings. The number of alkyl halides is 3. The van der Waals surface area contributed by atoms with Crippen molar-refractivity contribution in [3.63, 3.8) is 0 Å². The first-order valence-corrected chi connectivity index (χ1v) is 3.73. The first-order valence-electron chi connectivity index (χ1n) is 3.73. The zero-order valence-corrected chi connectivity index (χ0v) is 6.76. The van der Waals surface area contributed by atoms with Crippen LogP contribution in [-0.4, -0.2) is 15.1 Å². The second kappa shape index (κ2) is 2.63. The fraction of sp³-hybridized carbons (Fsp3) is 0.125. The highest BCUT2D eigenvalue weighted by molar-refractivity contribution is 5.76. The van der Waals surface area contributed by atoms with Crippen molar-refractivity contribution in [2.45, 2.75) is 6.18 Å². The van der Waals surface area contributed by atoms with E-state index in [1.807, 2.05) is 0 Å². The average Bonchev–Trinajstić information content (AvgIpc) is 2.45. The second-order valence-corrected chi connectivity index (χ2v) is 2.78. The molecule has 0 saturated heterocycles. The molecular weight excluding hydrogens is 197 g/mol. The van der Waals surface area contributed by atoms with Crippen LogP contribution in [0.4, 0.5) is 13.2 Å². The molecule has 14 heavy (non-hydrogen) atoms. The average molecular weight is 202 g/mol. The third-order valence-electron chi connectivity index (χ3n) is 1.73. The highest BCUT2D eigenvalue weighted by Gasteiger charge is 2.34. The zero-order chi connectivity index (χ0) is 10.3. The molecular formula is C8H5F3N2O. The number of hydrogen-bond acceptors (Lipinski definition) is 2. The van der Waals surface area contributed by atoms with E-state index in [0.717, 1.165) is 0 Å². The summed E-state index contributed by atoms with van der Waals surface area (Å²) in [6.07, 6.45) is -4.49. The zero-order valence-electron chi connectivity index (χ0n) is 6.76. The first-order chi connectivity index (χ1) is 6.47. The molecule has 1 aromatic heterocycles. The van der Waals surface area contributed by atoms with Crippen molar-refractivity contribution >= 4 is 11.0 Å². The SMILES string of the molecule is Oc1ccc2nc(C(F)(F)F)[nH]c2c1. The Labute approximate surface area is 76.2 Å². The number of phenols is 1. The van der Waals surface area contributed by atoms with Gasteiger partial charge >= 0.3 is 6.18 Å². The van der Waals surface area contributed by atoms with Gasteiger partial charge in [0, 0.05) is 6.07 Å². The van der Waals surface area contributed by atoms with Gasteiger partial charge in [0.25, 0.3) is 0 Å². The smallest absolute Gasteiger partial charge is 0.449 e. The van der Waals surface area contributed by atoms with E-state index < -0.39 is 12.0 Å². The van der Waals surface area contributed by atoms with Gasteiger partial charge in [-0.1, -0.05) is 0 Å². The van der Waals surface area contributed by atoms with Crippen molar-refractivity contribution in [2.24, 2.45) is 0 Å². The maximum Gasteiger partial charge on any atom is 0.449 e. The molecule has 0 saturated carbocycles. The Morgan fingerprint density at radius 2 is 2.00 bits per heavy atom. The molecule has 0 bridgehead atoms. The van der Waals surface area contributed by atoms with Crippen LogP contribution >= 0.6 is 0 Å². The van der Waals surface area contributed by atoms with Crippen molar-refractivity contribution < 1.29 is 18.3 Å². The van der Waals surface area contributed by atoms with E-state index in [4.69, 9.17) is 5.11 Å². The van der Waals surface area contributed by atoms with Crippen LogP contribution < -0.4 is 0 Å². The molecule has 0 aliphatic heterocycles. The minimum absolute atomic E-state index is 0.102. The fourth-order valence-electron chi connectivity index (χ4n) is 1.13. The van der Waals surface area contributed by atoms with Gasteiger partial charge in [-0.2, -0.15) is 13.2 Å². The van der Waals surface area contributed by atoms with Crippen LogP contribution in [0, 0.1) is 0 Å². The summed E-state index contributed by atoms with van der Waals surface area (Å²) in [4.78, 5) is 5.41. The maximum atomic E-state index is 12.2. The number of H-pyrrole nitrogens is 1. The van der Waals surface area contributed by atoms with Crippen molar-refractivity contribution in [2.75, 3.05) is 0 Å². The molecule has 0 aliphatic rings. The summed E-state index contributed by atoms with van der Waals surface area (Å²) in [5.41, 5.74) is 0.340. The lowest BCUT2D eigenvalue weighted by molar-refractivity contribution is -0.144. The Balaban J connectivity index is 2.63. The molecule has 2 N–H and O–H groups in total. The van der Waals surface area contributed by atoms with Crippen molar-refractivity contribution in [1.29, 1.82) is 0 Å². The minimum atomic E-state index is -4.49. The number of nitrogens with one attached hydrogen (secondary N) is 1. The van der Waals surface area contributed by atoms with Crippen LogP contribution in [0.5, 0.6) is 5.75 Å². The number of phenolic OH excluding ortho intramolecular Hbond substituents is 1. The van der Waals surface area contributed by atoms with Gasteiger partial charge in [-0.3, -0.25) is 0 Å². The quantitative estimate of drug-likeness (QED) is 0.688. The summed E-state index contributed by atoms with van der Waals surface area (Å²) in [5, 5.41) is 9.01. The molecule has 0 spiro atoms. The highest BCUT2D eigenvalue weighted by atomic mass is 19.4. The van der Waals surface area contributed by atoms with Crippen LogP contribution in [0.25, 0.3) is 11.0 Å². The number of fused-ring (bicyclic) bond motifs is 1. The lowest BCUT2D eigenvalue weighted by atomic mass is 10.3. The summed E-state index contributed by atoms with van der Waals surface area (Å²) >= 11 is 0. The van der Waals surface area contributed by atoms with Gasteiger partial charge in [0.05, 0.1) is 11.0 Å². The molecule has 0 unspecified atom stereocenters. The van der Waals surface area contributed by atoms with Crippen molar-refractivity contribution in [1.82, 2.24) is 9.97 Å². The Bertz CT molecular complexity index is 475. The predicted octanol–water partition coefficient (Wildman–Crippen LogP) is 2.29.